The van der Waals surface area contributed by atoms with E-state index in [1.54, 1.807) is 6.20 Å². The summed E-state index contributed by atoms with van der Waals surface area (Å²) < 4.78 is 0. The summed E-state index contributed by atoms with van der Waals surface area (Å²) in [5, 5.41) is 15.5. The molecule has 2 N–H and O–H groups in total. The van der Waals surface area contributed by atoms with Crippen molar-refractivity contribution in [2.24, 2.45) is 0 Å². The molecule has 0 spiro atoms. The summed E-state index contributed by atoms with van der Waals surface area (Å²) >= 11 is 0. The highest BCUT2D eigenvalue weighted by molar-refractivity contribution is 5.86. The van der Waals surface area contributed by atoms with E-state index in [0.29, 0.717) is 5.52 Å². The van der Waals surface area contributed by atoms with Gasteiger partial charge in [-0.1, -0.05) is 42.0 Å². The number of phenols is 1. The lowest BCUT2D eigenvalue weighted by Crippen LogP contribution is -2.13. The van der Waals surface area contributed by atoms with E-state index in [-0.39, 0.29) is 11.8 Å². The molecule has 4 heteroatoms. The molecule has 0 bridgehead atoms. The van der Waals surface area contributed by atoms with Crippen LogP contribution in [0.4, 0.5) is 5.69 Å². The maximum absolute atomic E-state index is 11.0. The highest BCUT2D eigenvalue weighted by atomic mass is 16.3. The van der Waals surface area contributed by atoms with E-state index in [4.69, 9.17) is 0 Å². The Morgan fingerprint density at radius 1 is 0.926 bits per heavy atom. The van der Waals surface area contributed by atoms with Gasteiger partial charge in [-0.3, -0.25) is 4.98 Å². The monoisotopic (exact) mass is 355 g/mol. The van der Waals surface area contributed by atoms with Gasteiger partial charge in [-0.15, -0.1) is 0 Å². The molecule has 27 heavy (non-hydrogen) atoms. The molecule has 2 aromatic heterocycles. The molecule has 4 rings (SSSR count). The Kier molecular flexibility index (Phi) is 4.47. The van der Waals surface area contributed by atoms with Crippen molar-refractivity contribution >= 4 is 16.6 Å². The van der Waals surface area contributed by atoms with Crippen molar-refractivity contribution < 1.29 is 5.11 Å². The molecule has 1 atom stereocenters. The van der Waals surface area contributed by atoms with Gasteiger partial charge in [-0.2, -0.15) is 0 Å². The number of fused-ring (bicyclic) bond motifs is 1. The Labute approximate surface area is 158 Å². The number of aromatic nitrogens is 2. The Hall–Kier alpha value is -3.40. The molecule has 0 saturated heterocycles. The number of nitrogens with zero attached hydrogens (tertiary/aromatic N) is 2. The Morgan fingerprint density at radius 3 is 2.44 bits per heavy atom. The average Bonchev–Trinajstić information content (AvgIpc) is 2.69. The molecule has 2 aromatic carbocycles. The van der Waals surface area contributed by atoms with Crippen LogP contribution in [0, 0.1) is 13.8 Å². The number of rotatable bonds is 4. The van der Waals surface area contributed by atoms with E-state index in [1.807, 2.05) is 61.7 Å². The topological polar surface area (TPSA) is 58.0 Å². The van der Waals surface area contributed by atoms with Crippen LogP contribution < -0.4 is 5.32 Å². The predicted octanol–water partition coefficient (Wildman–Crippen LogP) is 5.15. The largest absolute Gasteiger partial charge is 0.505 e. The molecule has 0 amide bonds. The van der Waals surface area contributed by atoms with E-state index in [2.05, 4.69) is 34.3 Å². The van der Waals surface area contributed by atoms with Gasteiger partial charge in [0, 0.05) is 34.7 Å². The predicted molar refractivity (Wildman–Crippen MR) is 109 cm³/mol. The zero-order valence-electron chi connectivity index (χ0n) is 15.3. The van der Waals surface area contributed by atoms with Gasteiger partial charge in [0.15, 0.2) is 0 Å². The molecule has 0 radical (unpaired) electrons. The second-order valence-electron chi connectivity index (χ2n) is 6.76. The van der Waals surface area contributed by atoms with Crippen LogP contribution in [-0.2, 0) is 0 Å². The number of hydrogen-bond donors (Lipinski definition) is 2. The SMILES string of the molecule is Cc1ccc(NC(c2cccnc2)c2ccc3ccc(C)nc3c2O)cc1. The third-order valence-corrected chi connectivity index (χ3v) is 4.70. The summed E-state index contributed by atoms with van der Waals surface area (Å²) in [6.07, 6.45) is 3.57. The number of phenolic OH excluding ortho intramolecular Hbond substituents is 1. The fraction of sp³-hybridized carbons (Fsp3) is 0.130. The van der Waals surface area contributed by atoms with Gasteiger partial charge in [0.05, 0.1) is 6.04 Å². The summed E-state index contributed by atoms with van der Waals surface area (Å²) in [7, 11) is 0. The van der Waals surface area contributed by atoms with Crippen molar-refractivity contribution in [3.63, 3.8) is 0 Å². The number of nitrogens with one attached hydrogen (secondary N) is 1. The summed E-state index contributed by atoms with van der Waals surface area (Å²) in [4.78, 5) is 8.79. The fourth-order valence-corrected chi connectivity index (χ4v) is 3.22. The van der Waals surface area contributed by atoms with Gasteiger partial charge in [0.25, 0.3) is 0 Å². The third-order valence-electron chi connectivity index (χ3n) is 4.70. The summed E-state index contributed by atoms with van der Waals surface area (Å²) in [6, 6.07) is 19.8. The molecule has 2 heterocycles. The first kappa shape index (κ1) is 17.0. The second-order valence-corrected chi connectivity index (χ2v) is 6.76. The maximum Gasteiger partial charge on any atom is 0.147 e. The molecule has 0 fully saturated rings. The van der Waals surface area contributed by atoms with Crippen molar-refractivity contribution in [2.45, 2.75) is 19.9 Å². The number of aromatic hydroxyl groups is 1. The minimum atomic E-state index is -0.242. The molecular formula is C23H21N3O. The molecule has 0 aliphatic rings. The quantitative estimate of drug-likeness (QED) is 0.531. The Balaban J connectivity index is 1.84. The maximum atomic E-state index is 11.0. The number of pyridine rings is 2. The van der Waals surface area contributed by atoms with Crippen LogP contribution in [0.25, 0.3) is 10.9 Å². The van der Waals surface area contributed by atoms with Crippen LogP contribution in [0.1, 0.15) is 28.4 Å². The van der Waals surface area contributed by atoms with Gasteiger partial charge in [-0.25, -0.2) is 4.98 Å². The zero-order valence-corrected chi connectivity index (χ0v) is 15.3. The van der Waals surface area contributed by atoms with Crippen molar-refractivity contribution in [1.82, 2.24) is 9.97 Å². The normalized spacial score (nSPS) is 12.1. The van der Waals surface area contributed by atoms with Crippen LogP contribution in [0.15, 0.2) is 73.1 Å². The van der Waals surface area contributed by atoms with Crippen LogP contribution >= 0.6 is 0 Å². The molecule has 0 aliphatic carbocycles. The smallest absolute Gasteiger partial charge is 0.147 e. The fourth-order valence-electron chi connectivity index (χ4n) is 3.22. The first-order valence-corrected chi connectivity index (χ1v) is 8.94. The molecule has 0 saturated carbocycles. The lowest BCUT2D eigenvalue weighted by atomic mass is 9.97. The van der Waals surface area contributed by atoms with Crippen molar-refractivity contribution in [1.29, 1.82) is 0 Å². The van der Waals surface area contributed by atoms with Gasteiger partial charge in [-0.05, 0) is 43.7 Å². The van der Waals surface area contributed by atoms with Gasteiger partial charge >= 0.3 is 0 Å². The molecule has 0 aliphatic heterocycles. The number of hydrogen-bond acceptors (Lipinski definition) is 4. The van der Waals surface area contributed by atoms with Crippen molar-refractivity contribution in [3.05, 3.63) is 95.4 Å². The molecular weight excluding hydrogens is 334 g/mol. The van der Waals surface area contributed by atoms with E-state index in [9.17, 15) is 5.11 Å². The standard InChI is InChI=1S/C23H21N3O/c1-15-5-10-19(11-6-15)26-21(18-4-3-13-24-14-18)20-12-9-17-8-7-16(2)25-22(17)23(20)27/h3-14,21,26-27H,1-2H3. The third kappa shape index (κ3) is 3.47. The van der Waals surface area contributed by atoms with Gasteiger partial charge < -0.3 is 10.4 Å². The summed E-state index contributed by atoms with van der Waals surface area (Å²) in [5.74, 6) is 0.199. The number of anilines is 1. The summed E-state index contributed by atoms with van der Waals surface area (Å²) in [6.45, 7) is 3.99. The van der Waals surface area contributed by atoms with Gasteiger partial charge in [0.1, 0.15) is 11.3 Å². The minimum absolute atomic E-state index is 0.199. The second kappa shape index (κ2) is 7.08. The molecule has 1 unspecified atom stereocenters. The first-order chi connectivity index (χ1) is 13.1. The highest BCUT2D eigenvalue weighted by Gasteiger charge is 2.20. The van der Waals surface area contributed by atoms with Crippen LogP contribution in [-0.4, -0.2) is 15.1 Å². The molecule has 4 nitrogen and oxygen atoms in total. The molecule has 4 aromatic rings. The van der Waals surface area contributed by atoms with E-state index in [0.717, 1.165) is 27.9 Å². The van der Waals surface area contributed by atoms with Crippen LogP contribution in [0.2, 0.25) is 0 Å². The van der Waals surface area contributed by atoms with E-state index < -0.39 is 0 Å². The Morgan fingerprint density at radius 2 is 1.70 bits per heavy atom. The van der Waals surface area contributed by atoms with Crippen molar-refractivity contribution in [3.8, 4) is 5.75 Å². The lowest BCUT2D eigenvalue weighted by molar-refractivity contribution is 0.471. The summed E-state index contributed by atoms with van der Waals surface area (Å²) in [5.41, 5.74) is 5.42. The highest BCUT2D eigenvalue weighted by Crippen LogP contribution is 2.36. The van der Waals surface area contributed by atoms with E-state index >= 15 is 0 Å². The van der Waals surface area contributed by atoms with Crippen LogP contribution in [0.3, 0.4) is 0 Å². The lowest BCUT2D eigenvalue weighted by Gasteiger charge is -2.22. The first-order valence-electron chi connectivity index (χ1n) is 8.94. The number of benzene rings is 2. The Bertz CT molecular complexity index is 1080. The average molecular weight is 355 g/mol. The van der Waals surface area contributed by atoms with Crippen molar-refractivity contribution in [2.75, 3.05) is 5.32 Å². The van der Waals surface area contributed by atoms with Crippen LogP contribution in [0.5, 0.6) is 5.75 Å². The van der Waals surface area contributed by atoms with E-state index in [1.165, 1.54) is 5.56 Å². The zero-order chi connectivity index (χ0) is 18.8. The number of aryl methyl sites for hydroxylation is 2. The minimum Gasteiger partial charge on any atom is -0.505 e. The molecule has 134 valence electrons. The van der Waals surface area contributed by atoms with Gasteiger partial charge in [0.2, 0.25) is 0 Å².